The van der Waals surface area contributed by atoms with Gasteiger partial charge in [0, 0.05) is 17.5 Å². The predicted octanol–water partition coefficient (Wildman–Crippen LogP) is 4.21. The molecule has 1 N–H and O–H groups in total. The summed E-state index contributed by atoms with van der Waals surface area (Å²) in [5.74, 6) is 2.11. The molecule has 1 heterocycles. The lowest BCUT2D eigenvalue weighted by atomic mass is 10.1. The third kappa shape index (κ3) is 4.80. The number of anilines is 1. The number of sulfone groups is 1. The highest BCUT2D eigenvalue weighted by atomic mass is 32.2. The summed E-state index contributed by atoms with van der Waals surface area (Å²) in [6.45, 7) is 0. The van der Waals surface area contributed by atoms with Crippen molar-refractivity contribution in [2.75, 3.05) is 23.1 Å². The van der Waals surface area contributed by atoms with Crippen LogP contribution < -0.4 is 5.32 Å². The number of carbonyl (C=O) groups is 1. The smallest absolute Gasteiger partial charge is 0.255 e. The fourth-order valence-electron chi connectivity index (χ4n) is 2.48. The number of benzene rings is 2. The van der Waals surface area contributed by atoms with Crippen molar-refractivity contribution < 1.29 is 13.2 Å². The maximum absolute atomic E-state index is 12.4. The van der Waals surface area contributed by atoms with E-state index in [1.54, 1.807) is 12.1 Å². The summed E-state index contributed by atoms with van der Waals surface area (Å²) in [7, 11) is -3.30. The molecule has 0 spiro atoms. The lowest BCUT2D eigenvalue weighted by Crippen LogP contribution is -2.12. The minimum Gasteiger partial charge on any atom is -0.322 e. The summed E-state index contributed by atoms with van der Waals surface area (Å²) in [5.41, 5.74) is 2.25. The van der Waals surface area contributed by atoms with E-state index in [4.69, 9.17) is 0 Å². The van der Waals surface area contributed by atoms with Crippen LogP contribution in [0.3, 0.4) is 0 Å². The monoisotopic (exact) mass is 393 g/mol. The van der Waals surface area contributed by atoms with Gasteiger partial charge < -0.3 is 5.32 Å². The van der Waals surface area contributed by atoms with Crippen molar-refractivity contribution in [1.82, 2.24) is 0 Å². The average Bonchev–Trinajstić information content (AvgIpc) is 2.62. The second-order valence-corrected chi connectivity index (χ2v) is 10.5. The Kier molecular flexibility index (Phi) is 5.76. The number of hydrogen-bond acceptors (Lipinski definition) is 5. The molecule has 25 heavy (non-hydrogen) atoms. The van der Waals surface area contributed by atoms with Crippen molar-refractivity contribution >= 4 is 45.0 Å². The van der Waals surface area contributed by atoms with Gasteiger partial charge in [-0.1, -0.05) is 18.2 Å². The van der Waals surface area contributed by atoms with Crippen LogP contribution in [0.5, 0.6) is 0 Å². The molecular formula is C18H19NO3S3. The van der Waals surface area contributed by atoms with Crippen molar-refractivity contribution in [3.63, 3.8) is 0 Å². The van der Waals surface area contributed by atoms with E-state index in [1.807, 2.05) is 47.8 Å². The summed E-state index contributed by atoms with van der Waals surface area (Å²) >= 11 is 3.89. The van der Waals surface area contributed by atoms with Gasteiger partial charge in [0.05, 0.1) is 9.48 Å². The maximum Gasteiger partial charge on any atom is 0.255 e. The fraction of sp³-hybridized carbons (Fsp3) is 0.278. The number of amides is 1. The first-order chi connectivity index (χ1) is 11.9. The van der Waals surface area contributed by atoms with Crippen LogP contribution in [-0.4, -0.2) is 32.1 Å². The van der Waals surface area contributed by atoms with E-state index in [2.05, 4.69) is 5.32 Å². The average molecular weight is 394 g/mol. The number of nitrogens with one attached hydrogen (secondary N) is 1. The third-order valence-electron chi connectivity index (χ3n) is 3.79. The van der Waals surface area contributed by atoms with Crippen molar-refractivity contribution in [3.8, 4) is 0 Å². The predicted molar refractivity (Wildman–Crippen MR) is 106 cm³/mol. The molecule has 7 heteroatoms. The van der Waals surface area contributed by atoms with Gasteiger partial charge in [0.1, 0.15) is 0 Å². The van der Waals surface area contributed by atoms with Gasteiger partial charge in [0.25, 0.3) is 5.91 Å². The van der Waals surface area contributed by atoms with Gasteiger partial charge in [-0.2, -0.15) is 0 Å². The van der Waals surface area contributed by atoms with E-state index in [0.717, 1.165) is 6.26 Å². The summed E-state index contributed by atoms with van der Waals surface area (Å²) in [6, 6.07) is 13.9. The van der Waals surface area contributed by atoms with Crippen LogP contribution in [0.2, 0.25) is 0 Å². The van der Waals surface area contributed by atoms with E-state index in [0.29, 0.717) is 15.8 Å². The van der Waals surface area contributed by atoms with Gasteiger partial charge in [0.2, 0.25) is 0 Å². The first kappa shape index (κ1) is 18.4. The Labute approximate surface area is 156 Å². The lowest BCUT2D eigenvalue weighted by Gasteiger charge is -2.21. The zero-order valence-electron chi connectivity index (χ0n) is 13.8. The molecule has 132 valence electrons. The molecule has 1 aliphatic rings. The molecule has 1 amide bonds. The van der Waals surface area contributed by atoms with Crippen molar-refractivity contribution in [1.29, 1.82) is 0 Å². The molecular weight excluding hydrogens is 374 g/mol. The Morgan fingerprint density at radius 2 is 1.76 bits per heavy atom. The fourth-order valence-corrected chi connectivity index (χ4v) is 6.04. The molecule has 0 aromatic heterocycles. The van der Waals surface area contributed by atoms with Gasteiger partial charge in [0.15, 0.2) is 9.84 Å². The van der Waals surface area contributed by atoms with Crippen LogP contribution in [0.4, 0.5) is 5.69 Å². The molecule has 1 aliphatic heterocycles. The molecule has 0 saturated carbocycles. The van der Waals surface area contributed by atoms with Crippen LogP contribution in [0.15, 0.2) is 53.4 Å². The molecule has 0 atom stereocenters. The van der Waals surface area contributed by atoms with Crippen molar-refractivity contribution in [2.24, 2.45) is 0 Å². The summed E-state index contributed by atoms with van der Waals surface area (Å²) in [4.78, 5) is 12.6. The Balaban J connectivity index is 1.71. The highest BCUT2D eigenvalue weighted by molar-refractivity contribution is 8.16. The second-order valence-electron chi connectivity index (χ2n) is 5.80. The minimum absolute atomic E-state index is 0.187. The van der Waals surface area contributed by atoms with Crippen LogP contribution in [0, 0.1) is 0 Å². The Hall–Kier alpha value is -1.44. The summed E-state index contributed by atoms with van der Waals surface area (Å²) in [6.07, 6.45) is 2.40. The number of rotatable bonds is 4. The van der Waals surface area contributed by atoms with Crippen LogP contribution in [0.25, 0.3) is 0 Å². The molecule has 1 fully saturated rings. The van der Waals surface area contributed by atoms with Gasteiger partial charge >= 0.3 is 0 Å². The highest BCUT2D eigenvalue weighted by Crippen LogP contribution is 2.43. The molecule has 4 nitrogen and oxygen atoms in total. The normalized spacial score (nSPS) is 15.7. The van der Waals surface area contributed by atoms with Crippen LogP contribution in [0.1, 0.15) is 26.9 Å². The van der Waals surface area contributed by atoms with Crippen molar-refractivity contribution in [2.45, 2.75) is 15.9 Å². The zero-order valence-corrected chi connectivity index (χ0v) is 16.2. The molecule has 0 unspecified atom stereocenters. The maximum atomic E-state index is 12.4. The van der Waals surface area contributed by atoms with Crippen LogP contribution in [-0.2, 0) is 9.84 Å². The molecule has 0 aliphatic carbocycles. The molecule has 0 radical (unpaired) electrons. The molecule has 1 saturated heterocycles. The number of thioether (sulfide) groups is 2. The Morgan fingerprint density at radius 3 is 2.40 bits per heavy atom. The van der Waals surface area contributed by atoms with E-state index >= 15 is 0 Å². The largest absolute Gasteiger partial charge is 0.322 e. The van der Waals surface area contributed by atoms with Gasteiger partial charge in [-0.3, -0.25) is 4.79 Å². The lowest BCUT2D eigenvalue weighted by molar-refractivity contribution is 0.102. The quantitative estimate of drug-likeness (QED) is 0.843. The first-order valence-electron chi connectivity index (χ1n) is 7.88. The van der Waals surface area contributed by atoms with Crippen LogP contribution >= 0.6 is 23.5 Å². The molecule has 3 rings (SSSR count). The van der Waals surface area contributed by atoms with Gasteiger partial charge in [-0.15, -0.1) is 23.5 Å². The molecule has 2 aromatic carbocycles. The second kappa shape index (κ2) is 7.85. The number of hydrogen-bond donors (Lipinski definition) is 1. The topological polar surface area (TPSA) is 63.2 Å². The minimum atomic E-state index is -3.30. The van der Waals surface area contributed by atoms with E-state index in [1.165, 1.54) is 35.6 Å². The summed E-state index contributed by atoms with van der Waals surface area (Å²) < 4.78 is 23.7. The Morgan fingerprint density at radius 1 is 1.08 bits per heavy atom. The van der Waals surface area contributed by atoms with Gasteiger partial charge in [-0.05, 0) is 53.8 Å². The zero-order chi connectivity index (χ0) is 17.9. The third-order valence-corrected chi connectivity index (χ3v) is 7.92. The standard InChI is InChI=1S/C18H19NO3S3/c1-25(21,22)16-5-2-4-15(12-16)19-17(20)13-6-8-14(9-7-13)18-23-10-3-11-24-18/h2,4-9,12,18H,3,10-11H2,1H3,(H,19,20). The van der Waals surface area contributed by atoms with Crippen molar-refractivity contribution in [3.05, 3.63) is 59.7 Å². The van der Waals surface area contributed by atoms with E-state index in [9.17, 15) is 13.2 Å². The van der Waals surface area contributed by atoms with E-state index in [-0.39, 0.29) is 10.8 Å². The van der Waals surface area contributed by atoms with Gasteiger partial charge in [-0.25, -0.2) is 8.42 Å². The summed E-state index contributed by atoms with van der Waals surface area (Å²) in [5, 5.41) is 2.76. The Bertz CT molecular complexity index is 857. The first-order valence-corrected chi connectivity index (χ1v) is 11.9. The molecule has 0 bridgehead atoms. The SMILES string of the molecule is CS(=O)(=O)c1cccc(NC(=O)c2ccc(C3SCCCS3)cc2)c1. The number of carbonyl (C=O) groups excluding carboxylic acids is 1. The molecule has 2 aromatic rings. The van der Waals surface area contributed by atoms with E-state index < -0.39 is 9.84 Å². The highest BCUT2D eigenvalue weighted by Gasteiger charge is 2.17.